The fourth-order valence-corrected chi connectivity index (χ4v) is 3.42. The second kappa shape index (κ2) is 5.23. The number of hydrogen-bond acceptors (Lipinski definition) is 3. The molecule has 1 rings (SSSR count). The molecule has 1 saturated carbocycles. The Morgan fingerprint density at radius 1 is 1.60 bits per heavy atom. The van der Waals surface area contributed by atoms with Crippen LogP contribution in [0.2, 0.25) is 0 Å². The van der Waals surface area contributed by atoms with Crippen LogP contribution >= 0.6 is 12.2 Å². The topological polar surface area (TPSA) is 72.2 Å². The van der Waals surface area contributed by atoms with Crippen molar-refractivity contribution in [3.8, 4) is 0 Å². The summed E-state index contributed by atoms with van der Waals surface area (Å²) < 4.78 is 25.9. The highest BCUT2D eigenvalue weighted by atomic mass is 32.2. The third-order valence-electron chi connectivity index (χ3n) is 2.44. The molecular weight excluding hydrogens is 232 g/mol. The molecule has 1 fully saturated rings. The minimum atomic E-state index is -3.14. The molecule has 0 aliphatic heterocycles. The van der Waals surface area contributed by atoms with Crippen LogP contribution in [0.15, 0.2) is 0 Å². The molecule has 1 aliphatic rings. The summed E-state index contributed by atoms with van der Waals surface area (Å²) in [4.78, 5) is 0.357. The van der Waals surface area contributed by atoms with Crippen LogP contribution in [0, 0.1) is 5.92 Å². The van der Waals surface area contributed by atoms with E-state index in [2.05, 4.69) is 4.72 Å². The van der Waals surface area contributed by atoms with Crippen LogP contribution < -0.4 is 10.5 Å². The first-order valence-electron chi connectivity index (χ1n) is 5.21. The number of rotatable bonds is 7. The van der Waals surface area contributed by atoms with E-state index in [1.54, 1.807) is 0 Å². The number of thiocarbonyl (C=S) groups is 1. The second-order valence-corrected chi connectivity index (χ2v) is 6.44. The van der Waals surface area contributed by atoms with Crippen LogP contribution in [0.5, 0.6) is 0 Å². The van der Waals surface area contributed by atoms with Gasteiger partial charge in [-0.05, 0) is 25.2 Å². The van der Waals surface area contributed by atoms with E-state index in [0.717, 1.165) is 12.8 Å². The summed E-state index contributed by atoms with van der Waals surface area (Å²) in [7, 11) is -3.14. The second-order valence-electron chi connectivity index (χ2n) is 4.12. The minimum absolute atomic E-state index is 0.147. The minimum Gasteiger partial charge on any atom is -0.393 e. The van der Waals surface area contributed by atoms with Crippen LogP contribution in [0.25, 0.3) is 0 Å². The van der Waals surface area contributed by atoms with Crippen molar-refractivity contribution in [1.82, 2.24) is 4.72 Å². The van der Waals surface area contributed by atoms with Crippen LogP contribution in [-0.2, 0) is 10.0 Å². The average molecular weight is 250 g/mol. The summed E-state index contributed by atoms with van der Waals surface area (Å²) >= 11 is 4.77. The third kappa shape index (κ3) is 5.44. The number of nitrogens with one attached hydrogen (secondary N) is 1. The van der Waals surface area contributed by atoms with Crippen LogP contribution in [0.3, 0.4) is 0 Å². The normalized spacial score (nSPS) is 18.7. The molecule has 1 unspecified atom stereocenters. The smallest absolute Gasteiger partial charge is 0.212 e. The van der Waals surface area contributed by atoms with E-state index in [4.69, 9.17) is 18.0 Å². The molecule has 0 aromatic rings. The lowest BCUT2D eigenvalue weighted by molar-refractivity contribution is 0.543. The highest BCUT2D eigenvalue weighted by Crippen LogP contribution is 2.30. The van der Waals surface area contributed by atoms with Crippen molar-refractivity contribution in [3.05, 3.63) is 0 Å². The molecule has 15 heavy (non-hydrogen) atoms. The quantitative estimate of drug-likeness (QED) is 0.655. The van der Waals surface area contributed by atoms with Gasteiger partial charge in [-0.25, -0.2) is 13.1 Å². The first-order valence-corrected chi connectivity index (χ1v) is 7.27. The molecule has 0 aromatic heterocycles. The molecule has 3 N–H and O–H groups in total. The van der Waals surface area contributed by atoms with E-state index in [-0.39, 0.29) is 11.8 Å². The lowest BCUT2D eigenvalue weighted by Gasteiger charge is -2.16. The molecule has 4 nitrogen and oxygen atoms in total. The van der Waals surface area contributed by atoms with Gasteiger partial charge in [0.2, 0.25) is 10.0 Å². The number of sulfonamides is 1. The Morgan fingerprint density at radius 2 is 2.20 bits per heavy atom. The zero-order valence-electron chi connectivity index (χ0n) is 8.90. The van der Waals surface area contributed by atoms with Gasteiger partial charge in [0.25, 0.3) is 0 Å². The maximum absolute atomic E-state index is 11.6. The van der Waals surface area contributed by atoms with E-state index in [9.17, 15) is 8.42 Å². The zero-order chi connectivity index (χ0) is 11.5. The highest BCUT2D eigenvalue weighted by Gasteiger charge is 2.29. The van der Waals surface area contributed by atoms with E-state index in [1.807, 2.05) is 6.92 Å². The SMILES string of the molecule is CCC(CC(N)=S)NS(=O)(=O)CC1CC1. The Balaban J connectivity index is 2.44. The van der Waals surface area contributed by atoms with Gasteiger partial charge in [-0.2, -0.15) is 0 Å². The summed E-state index contributed by atoms with van der Waals surface area (Å²) in [5.41, 5.74) is 5.40. The molecule has 0 radical (unpaired) electrons. The van der Waals surface area contributed by atoms with E-state index in [0.29, 0.717) is 23.7 Å². The molecule has 6 heteroatoms. The summed E-state index contributed by atoms with van der Waals surface area (Å²) in [5, 5.41) is 0. The Hall–Kier alpha value is -0.200. The van der Waals surface area contributed by atoms with Gasteiger partial charge in [-0.1, -0.05) is 19.1 Å². The van der Waals surface area contributed by atoms with Crippen LogP contribution in [0.1, 0.15) is 32.6 Å². The Bertz CT molecular complexity index is 323. The largest absolute Gasteiger partial charge is 0.393 e. The van der Waals surface area contributed by atoms with E-state index in [1.165, 1.54) is 0 Å². The number of hydrogen-bond donors (Lipinski definition) is 2. The maximum Gasteiger partial charge on any atom is 0.212 e. The Morgan fingerprint density at radius 3 is 2.60 bits per heavy atom. The first-order chi connectivity index (χ1) is 6.93. The molecular formula is C9H18N2O2S2. The van der Waals surface area contributed by atoms with Crippen molar-refractivity contribution in [2.24, 2.45) is 11.7 Å². The summed E-state index contributed by atoms with van der Waals surface area (Å²) in [6.07, 6.45) is 3.22. The summed E-state index contributed by atoms with van der Waals surface area (Å²) in [5.74, 6) is 0.616. The third-order valence-corrected chi connectivity index (χ3v) is 4.21. The van der Waals surface area contributed by atoms with Gasteiger partial charge < -0.3 is 5.73 Å². The summed E-state index contributed by atoms with van der Waals surface area (Å²) in [6, 6.07) is -0.147. The van der Waals surface area contributed by atoms with Gasteiger partial charge in [0.15, 0.2) is 0 Å². The zero-order valence-corrected chi connectivity index (χ0v) is 10.5. The fourth-order valence-electron chi connectivity index (χ4n) is 1.41. The van der Waals surface area contributed by atoms with E-state index < -0.39 is 10.0 Å². The lowest BCUT2D eigenvalue weighted by Crippen LogP contribution is -2.38. The van der Waals surface area contributed by atoms with E-state index >= 15 is 0 Å². The fraction of sp³-hybridized carbons (Fsp3) is 0.889. The van der Waals surface area contributed by atoms with Crippen molar-refractivity contribution >= 4 is 27.2 Å². The highest BCUT2D eigenvalue weighted by molar-refractivity contribution is 7.89. The predicted octanol–water partition coefficient (Wildman–Crippen LogP) is 0.771. The Labute approximate surface area is 96.7 Å². The van der Waals surface area contributed by atoms with Gasteiger partial charge in [0.05, 0.1) is 10.7 Å². The molecule has 1 aliphatic carbocycles. The van der Waals surface area contributed by atoms with Crippen molar-refractivity contribution in [1.29, 1.82) is 0 Å². The first kappa shape index (κ1) is 12.9. The number of nitrogens with two attached hydrogens (primary N) is 1. The summed E-state index contributed by atoms with van der Waals surface area (Å²) in [6.45, 7) is 1.92. The molecule has 0 heterocycles. The van der Waals surface area contributed by atoms with Crippen molar-refractivity contribution in [3.63, 3.8) is 0 Å². The molecule has 0 bridgehead atoms. The van der Waals surface area contributed by atoms with Crippen LogP contribution in [-0.4, -0.2) is 25.2 Å². The van der Waals surface area contributed by atoms with Gasteiger partial charge in [-0.3, -0.25) is 0 Å². The van der Waals surface area contributed by atoms with Gasteiger partial charge in [0, 0.05) is 12.5 Å². The molecule has 0 amide bonds. The molecule has 1 atom stereocenters. The maximum atomic E-state index is 11.6. The Kier molecular flexibility index (Phi) is 4.48. The van der Waals surface area contributed by atoms with Crippen molar-refractivity contribution in [2.45, 2.75) is 38.6 Å². The molecule has 88 valence electrons. The van der Waals surface area contributed by atoms with Crippen molar-refractivity contribution in [2.75, 3.05) is 5.75 Å². The van der Waals surface area contributed by atoms with Gasteiger partial charge in [0.1, 0.15) is 0 Å². The predicted molar refractivity (Wildman–Crippen MR) is 65.1 cm³/mol. The monoisotopic (exact) mass is 250 g/mol. The lowest BCUT2D eigenvalue weighted by atomic mass is 10.2. The van der Waals surface area contributed by atoms with Gasteiger partial charge >= 0.3 is 0 Å². The van der Waals surface area contributed by atoms with Gasteiger partial charge in [-0.15, -0.1) is 0 Å². The van der Waals surface area contributed by atoms with Crippen LogP contribution in [0.4, 0.5) is 0 Å². The standard InChI is InChI=1S/C9H18N2O2S2/c1-2-8(5-9(10)14)11-15(12,13)6-7-3-4-7/h7-8,11H,2-6H2,1H3,(H2,10,14). The average Bonchev–Trinajstić information content (AvgIpc) is 2.84. The molecule has 0 aromatic carbocycles. The van der Waals surface area contributed by atoms with Crippen molar-refractivity contribution < 1.29 is 8.42 Å². The molecule has 0 spiro atoms. The molecule has 0 saturated heterocycles.